The van der Waals surface area contributed by atoms with Gasteiger partial charge in [0.1, 0.15) is 18.0 Å². The van der Waals surface area contributed by atoms with Gasteiger partial charge < -0.3 is 4.74 Å². The summed E-state index contributed by atoms with van der Waals surface area (Å²) in [4.78, 5) is 0. The molecule has 2 aliphatic heterocycles. The summed E-state index contributed by atoms with van der Waals surface area (Å²) in [6.07, 6.45) is 0. The van der Waals surface area contributed by atoms with Gasteiger partial charge in [-0.1, -0.05) is 48.9 Å². The first kappa shape index (κ1) is 12.5. The van der Waals surface area contributed by atoms with Crippen LogP contribution in [0.2, 0.25) is 0 Å². The summed E-state index contributed by atoms with van der Waals surface area (Å²) in [5.41, 5.74) is 4.71. The molecule has 21 heavy (non-hydrogen) atoms. The van der Waals surface area contributed by atoms with Crippen molar-refractivity contribution in [2.24, 2.45) is 11.0 Å². The summed E-state index contributed by atoms with van der Waals surface area (Å²) in [5, 5.41) is 7.04. The molecule has 2 unspecified atom stereocenters. The molecule has 0 aliphatic carbocycles. The van der Waals surface area contributed by atoms with Crippen LogP contribution in [0.4, 0.5) is 5.69 Å². The van der Waals surface area contributed by atoms with E-state index in [4.69, 9.17) is 9.84 Å². The van der Waals surface area contributed by atoms with Crippen molar-refractivity contribution >= 4 is 11.4 Å². The van der Waals surface area contributed by atoms with Crippen LogP contribution in [0.15, 0.2) is 53.6 Å². The molecule has 2 aromatic carbocycles. The third-order valence-corrected chi connectivity index (χ3v) is 4.41. The number of benzene rings is 2. The summed E-state index contributed by atoms with van der Waals surface area (Å²) in [5.74, 6) is 1.29. The van der Waals surface area contributed by atoms with Gasteiger partial charge in [-0.15, -0.1) is 0 Å². The number of rotatable bonds is 1. The second kappa shape index (κ2) is 4.62. The molecular formula is C18H18N2O. The van der Waals surface area contributed by atoms with Crippen molar-refractivity contribution in [3.05, 3.63) is 59.7 Å². The molecule has 0 N–H and O–H groups in total. The summed E-state index contributed by atoms with van der Waals surface area (Å²) in [6, 6.07) is 17.0. The average Bonchev–Trinajstić information content (AvgIpc) is 2.86. The van der Waals surface area contributed by atoms with Crippen LogP contribution in [0.25, 0.3) is 0 Å². The molecule has 106 valence electrons. The lowest BCUT2D eigenvalue weighted by Crippen LogP contribution is -2.40. The van der Waals surface area contributed by atoms with Gasteiger partial charge in [0, 0.05) is 5.92 Å². The molecule has 0 saturated carbocycles. The maximum absolute atomic E-state index is 5.90. The van der Waals surface area contributed by atoms with Crippen molar-refractivity contribution in [2.45, 2.75) is 19.9 Å². The van der Waals surface area contributed by atoms with Gasteiger partial charge in [-0.2, -0.15) is 5.10 Å². The Balaban J connectivity index is 1.77. The van der Waals surface area contributed by atoms with Crippen LogP contribution in [0.1, 0.15) is 18.1 Å². The predicted molar refractivity (Wildman–Crippen MR) is 85.1 cm³/mol. The number of hydrogen-bond donors (Lipinski definition) is 0. The Bertz CT molecular complexity index is 705. The van der Waals surface area contributed by atoms with Crippen LogP contribution in [0, 0.1) is 12.8 Å². The normalized spacial score (nSPS) is 23.1. The van der Waals surface area contributed by atoms with Crippen LogP contribution in [-0.4, -0.2) is 18.4 Å². The number of anilines is 1. The molecule has 2 aromatic rings. The van der Waals surface area contributed by atoms with E-state index in [1.807, 2.05) is 18.2 Å². The number of ether oxygens (including phenoxy) is 1. The van der Waals surface area contributed by atoms with Crippen molar-refractivity contribution in [3.63, 3.8) is 0 Å². The molecule has 2 aliphatic rings. The molecule has 0 fully saturated rings. The smallest absolute Gasteiger partial charge is 0.144 e. The van der Waals surface area contributed by atoms with Crippen LogP contribution >= 0.6 is 0 Å². The number of hydrazone groups is 1. The quantitative estimate of drug-likeness (QED) is 0.796. The Hall–Kier alpha value is -2.29. The highest BCUT2D eigenvalue weighted by molar-refractivity contribution is 6.05. The van der Waals surface area contributed by atoms with Crippen molar-refractivity contribution in [2.75, 3.05) is 11.6 Å². The minimum Gasteiger partial charge on any atom is -0.489 e. The zero-order valence-electron chi connectivity index (χ0n) is 12.3. The number of aryl methyl sites for hydroxylation is 1. The molecule has 3 heteroatoms. The molecule has 0 spiro atoms. The van der Waals surface area contributed by atoms with Crippen molar-refractivity contribution in [1.29, 1.82) is 0 Å². The first-order chi connectivity index (χ1) is 10.2. The van der Waals surface area contributed by atoms with Gasteiger partial charge in [0.05, 0.1) is 11.8 Å². The first-order valence-electron chi connectivity index (χ1n) is 7.40. The van der Waals surface area contributed by atoms with Crippen LogP contribution < -0.4 is 9.75 Å². The third kappa shape index (κ3) is 1.92. The van der Waals surface area contributed by atoms with Gasteiger partial charge in [-0.25, -0.2) is 0 Å². The minimum atomic E-state index is 0.288. The highest BCUT2D eigenvalue weighted by Crippen LogP contribution is 2.39. The Labute approximate surface area is 124 Å². The Kier molecular flexibility index (Phi) is 2.74. The van der Waals surface area contributed by atoms with Crippen molar-refractivity contribution < 1.29 is 4.74 Å². The highest BCUT2D eigenvalue weighted by Gasteiger charge is 2.39. The Morgan fingerprint density at radius 2 is 1.86 bits per heavy atom. The van der Waals surface area contributed by atoms with E-state index in [2.05, 4.69) is 49.2 Å². The fourth-order valence-corrected chi connectivity index (χ4v) is 3.11. The van der Waals surface area contributed by atoms with E-state index in [1.165, 1.54) is 11.1 Å². The van der Waals surface area contributed by atoms with Crippen LogP contribution in [0.5, 0.6) is 5.75 Å². The summed E-state index contributed by atoms with van der Waals surface area (Å²) >= 11 is 0. The first-order valence-corrected chi connectivity index (χ1v) is 7.40. The maximum atomic E-state index is 5.90. The second-order valence-corrected chi connectivity index (χ2v) is 5.83. The lowest BCUT2D eigenvalue weighted by atomic mass is 9.92. The molecule has 0 amide bonds. The lowest BCUT2D eigenvalue weighted by molar-refractivity contribution is 0.253. The standard InChI is InChI=1S/C18H18N2O/c1-12-7-9-14(10-8-12)18-13(2)16-11-21-17-6-4-3-5-15(17)20(16)19-18/h3-10,13,16H,11H2,1-2H3. The Morgan fingerprint density at radius 3 is 2.67 bits per heavy atom. The molecule has 0 aromatic heterocycles. The molecule has 3 nitrogen and oxygen atoms in total. The van der Waals surface area contributed by atoms with Gasteiger partial charge >= 0.3 is 0 Å². The van der Waals surface area contributed by atoms with Gasteiger partial charge in [0.15, 0.2) is 0 Å². The fraction of sp³-hybridized carbons (Fsp3) is 0.278. The second-order valence-electron chi connectivity index (χ2n) is 5.83. The topological polar surface area (TPSA) is 24.8 Å². The maximum Gasteiger partial charge on any atom is 0.144 e. The number of hydrogen-bond acceptors (Lipinski definition) is 3. The lowest BCUT2D eigenvalue weighted by Gasteiger charge is -2.32. The van der Waals surface area contributed by atoms with Crippen molar-refractivity contribution in [1.82, 2.24) is 0 Å². The van der Waals surface area contributed by atoms with Gasteiger partial charge in [-0.3, -0.25) is 5.01 Å². The minimum absolute atomic E-state index is 0.288. The van der Waals surface area contributed by atoms with Gasteiger partial charge in [0.25, 0.3) is 0 Å². The zero-order valence-corrected chi connectivity index (χ0v) is 12.3. The van der Waals surface area contributed by atoms with E-state index in [-0.39, 0.29) is 6.04 Å². The van der Waals surface area contributed by atoms with Crippen LogP contribution in [0.3, 0.4) is 0 Å². The van der Waals surface area contributed by atoms with Crippen molar-refractivity contribution in [3.8, 4) is 5.75 Å². The predicted octanol–water partition coefficient (Wildman–Crippen LogP) is 3.62. The van der Waals surface area contributed by atoms with Gasteiger partial charge in [-0.05, 0) is 24.6 Å². The fourth-order valence-electron chi connectivity index (χ4n) is 3.11. The van der Waals surface area contributed by atoms with E-state index >= 15 is 0 Å². The van der Waals surface area contributed by atoms with E-state index in [0.29, 0.717) is 12.5 Å². The SMILES string of the molecule is Cc1ccc(C2=NN3c4ccccc4OCC3C2C)cc1. The highest BCUT2D eigenvalue weighted by atomic mass is 16.5. The van der Waals surface area contributed by atoms with Gasteiger partial charge in [0.2, 0.25) is 0 Å². The number of fused-ring (bicyclic) bond motifs is 3. The van der Waals surface area contributed by atoms with E-state index < -0.39 is 0 Å². The average molecular weight is 278 g/mol. The number of nitrogens with zero attached hydrogens (tertiary/aromatic N) is 2. The van der Waals surface area contributed by atoms with E-state index in [9.17, 15) is 0 Å². The molecule has 2 heterocycles. The van der Waals surface area contributed by atoms with E-state index in [0.717, 1.165) is 17.1 Å². The molecular weight excluding hydrogens is 260 g/mol. The third-order valence-electron chi connectivity index (χ3n) is 4.41. The summed E-state index contributed by atoms with van der Waals surface area (Å²) in [6.45, 7) is 5.04. The molecule has 4 rings (SSSR count). The molecule has 0 saturated heterocycles. The largest absolute Gasteiger partial charge is 0.489 e. The number of para-hydroxylation sites is 2. The molecule has 2 atom stereocenters. The van der Waals surface area contributed by atoms with Crippen LogP contribution in [-0.2, 0) is 0 Å². The zero-order chi connectivity index (χ0) is 14.4. The Morgan fingerprint density at radius 1 is 1.10 bits per heavy atom. The van der Waals surface area contributed by atoms with E-state index in [1.54, 1.807) is 0 Å². The molecule has 0 radical (unpaired) electrons. The summed E-state index contributed by atoms with van der Waals surface area (Å²) < 4.78 is 5.90. The summed E-state index contributed by atoms with van der Waals surface area (Å²) in [7, 11) is 0. The molecule has 0 bridgehead atoms. The monoisotopic (exact) mass is 278 g/mol.